The van der Waals surface area contributed by atoms with Crippen molar-refractivity contribution in [3.05, 3.63) is 22.2 Å². The summed E-state index contributed by atoms with van der Waals surface area (Å²) in [7, 11) is 0. The van der Waals surface area contributed by atoms with E-state index in [1.807, 2.05) is 0 Å². The van der Waals surface area contributed by atoms with Gasteiger partial charge >= 0.3 is 0 Å². The summed E-state index contributed by atoms with van der Waals surface area (Å²) < 4.78 is 4.96. The Morgan fingerprint density at radius 2 is 2.54 bits per heavy atom. The van der Waals surface area contributed by atoms with E-state index in [2.05, 4.69) is 10.5 Å². The van der Waals surface area contributed by atoms with E-state index >= 15 is 0 Å². The average Bonchev–Trinajstić information content (AvgIpc) is 2.71. The number of rotatable bonds is 3. The minimum atomic E-state index is -0.144. The van der Waals surface area contributed by atoms with Gasteiger partial charge in [-0.1, -0.05) is 0 Å². The third-order valence-corrected chi connectivity index (χ3v) is 2.48. The van der Waals surface area contributed by atoms with Crippen LogP contribution >= 0.6 is 0 Å². The van der Waals surface area contributed by atoms with Crippen LogP contribution < -0.4 is 10.9 Å². The topological polar surface area (TPSA) is 58.0 Å². The molecule has 1 aromatic rings. The minimum Gasteiger partial charge on any atom is -0.384 e. The molecule has 1 saturated heterocycles. The molecule has 0 saturated carbocycles. The van der Waals surface area contributed by atoms with Crippen molar-refractivity contribution in [1.82, 2.24) is 10.5 Å². The molecule has 0 spiro atoms. The number of H-pyrrole nitrogens is 1. The second-order valence-electron chi connectivity index (χ2n) is 3.51. The van der Waals surface area contributed by atoms with Crippen molar-refractivity contribution in [3.63, 3.8) is 0 Å². The van der Waals surface area contributed by atoms with Gasteiger partial charge < -0.3 is 9.84 Å². The first-order valence-corrected chi connectivity index (χ1v) is 4.75. The molecular weight excluding hydrogens is 168 g/mol. The Hall–Kier alpha value is -1.03. The Balaban J connectivity index is 1.82. The molecule has 0 aliphatic carbocycles. The van der Waals surface area contributed by atoms with Crippen LogP contribution in [0.25, 0.3) is 0 Å². The van der Waals surface area contributed by atoms with Gasteiger partial charge in [-0.2, -0.15) is 5.16 Å². The van der Waals surface area contributed by atoms with Gasteiger partial charge in [-0.05, 0) is 25.8 Å². The van der Waals surface area contributed by atoms with Gasteiger partial charge in [-0.15, -0.1) is 0 Å². The lowest BCUT2D eigenvalue weighted by Crippen LogP contribution is -2.21. The second-order valence-corrected chi connectivity index (χ2v) is 3.51. The summed E-state index contributed by atoms with van der Waals surface area (Å²) in [5.74, 6) is 0.763. The minimum absolute atomic E-state index is 0.144. The van der Waals surface area contributed by atoms with Gasteiger partial charge in [0.1, 0.15) is 5.76 Å². The smallest absolute Gasteiger partial charge is 0.280 e. The van der Waals surface area contributed by atoms with Gasteiger partial charge in [-0.3, -0.25) is 4.79 Å². The Morgan fingerprint density at radius 1 is 1.62 bits per heavy atom. The van der Waals surface area contributed by atoms with Crippen LogP contribution in [0, 0.1) is 0 Å². The standard InChI is InChI=1S/C9H14N2O2/c12-9-6-8(13-11-9)4-3-7-2-1-5-10-7/h6-7,10H,1-5H2,(H,11,12). The van der Waals surface area contributed by atoms with Crippen LogP contribution in [0.4, 0.5) is 0 Å². The van der Waals surface area contributed by atoms with Crippen LogP contribution in [0.15, 0.2) is 15.4 Å². The number of aryl methyl sites for hydroxylation is 1. The highest BCUT2D eigenvalue weighted by Crippen LogP contribution is 2.11. The normalized spacial score (nSPS) is 22.3. The monoisotopic (exact) mass is 182 g/mol. The highest BCUT2D eigenvalue weighted by atomic mass is 16.5. The summed E-state index contributed by atoms with van der Waals surface area (Å²) in [6, 6.07) is 2.13. The predicted molar refractivity (Wildman–Crippen MR) is 48.7 cm³/mol. The molecule has 72 valence electrons. The number of hydrogen-bond donors (Lipinski definition) is 2. The fourth-order valence-corrected chi connectivity index (χ4v) is 1.76. The van der Waals surface area contributed by atoms with E-state index in [0.717, 1.165) is 25.1 Å². The summed E-state index contributed by atoms with van der Waals surface area (Å²) in [5.41, 5.74) is -0.144. The lowest BCUT2D eigenvalue weighted by Gasteiger charge is -2.06. The summed E-state index contributed by atoms with van der Waals surface area (Å²) >= 11 is 0. The van der Waals surface area contributed by atoms with Gasteiger partial charge in [0, 0.05) is 18.5 Å². The highest BCUT2D eigenvalue weighted by molar-refractivity contribution is 4.94. The van der Waals surface area contributed by atoms with E-state index in [-0.39, 0.29) is 5.56 Å². The molecule has 2 heterocycles. The fraction of sp³-hybridized carbons (Fsp3) is 0.667. The molecule has 1 fully saturated rings. The van der Waals surface area contributed by atoms with Crippen molar-refractivity contribution in [1.29, 1.82) is 0 Å². The van der Waals surface area contributed by atoms with E-state index in [1.165, 1.54) is 18.9 Å². The molecule has 4 heteroatoms. The van der Waals surface area contributed by atoms with Gasteiger partial charge in [0.2, 0.25) is 0 Å². The van der Waals surface area contributed by atoms with Crippen molar-refractivity contribution in [2.75, 3.05) is 6.54 Å². The molecule has 1 aliphatic heterocycles. The summed E-state index contributed by atoms with van der Waals surface area (Å²) in [5, 5.41) is 5.70. The van der Waals surface area contributed by atoms with Crippen LogP contribution in [-0.2, 0) is 6.42 Å². The van der Waals surface area contributed by atoms with E-state index in [4.69, 9.17) is 4.52 Å². The highest BCUT2D eigenvalue weighted by Gasteiger charge is 2.14. The maximum absolute atomic E-state index is 10.7. The molecule has 2 N–H and O–H groups in total. The van der Waals surface area contributed by atoms with Crippen molar-refractivity contribution < 1.29 is 4.52 Å². The van der Waals surface area contributed by atoms with E-state index in [1.54, 1.807) is 0 Å². The molecule has 1 aromatic heterocycles. The van der Waals surface area contributed by atoms with E-state index in [9.17, 15) is 4.79 Å². The zero-order valence-corrected chi connectivity index (χ0v) is 7.51. The van der Waals surface area contributed by atoms with Crippen molar-refractivity contribution in [2.24, 2.45) is 0 Å². The van der Waals surface area contributed by atoms with Crippen LogP contribution in [0.3, 0.4) is 0 Å². The fourth-order valence-electron chi connectivity index (χ4n) is 1.76. The van der Waals surface area contributed by atoms with E-state index < -0.39 is 0 Å². The Bertz CT molecular complexity index is 309. The number of hydrogen-bond acceptors (Lipinski definition) is 3. The SMILES string of the molecule is O=c1cc(CCC2CCCN2)o[nH]1. The van der Waals surface area contributed by atoms with Crippen LogP contribution in [-0.4, -0.2) is 17.7 Å². The van der Waals surface area contributed by atoms with Crippen LogP contribution in [0.2, 0.25) is 0 Å². The molecule has 0 aromatic carbocycles. The number of aromatic nitrogens is 1. The predicted octanol–water partition coefficient (Wildman–Crippen LogP) is 0.652. The van der Waals surface area contributed by atoms with Gasteiger partial charge in [0.25, 0.3) is 5.56 Å². The second kappa shape index (κ2) is 3.79. The van der Waals surface area contributed by atoms with Crippen molar-refractivity contribution in [2.45, 2.75) is 31.7 Å². The Morgan fingerprint density at radius 3 is 3.15 bits per heavy atom. The molecule has 2 rings (SSSR count). The largest absolute Gasteiger partial charge is 0.384 e. The summed E-state index contributed by atoms with van der Waals surface area (Å²) in [6.45, 7) is 1.13. The molecule has 1 aliphatic rings. The molecule has 4 nitrogen and oxygen atoms in total. The van der Waals surface area contributed by atoms with Gasteiger partial charge in [0.05, 0.1) is 0 Å². The van der Waals surface area contributed by atoms with Crippen molar-refractivity contribution in [3.8, 4) is 0 Å². The Labute approximate surface area is 76.3 Å². The first-order valence-electron chi connectivity index (χ1n) is 4.75. The molecule has 0 bridgehead atoms. The first kappa shape index (κ1) is 8.56. The van der Waals surface area contributed by atoms with E-state index in [0.29, 0.717) is 6.04 Å². The zero-order chi connectivity index (χ0) is 9.10. The third kappa shape index (κ3) is 2.21. The van der Waals surface area contributed by atoms with Gasteiger partial charge in [-0.25, -0.2) is 0 Å². The lowest BCUT2D eigenvalue weighted by atomic mass is 10.1. The summed E-state index contributed by atoms with van der Waals surface area (Å²) in [6.07, 6.45) is 4.41. The molecule has 0 amide bonds. The Kier molecular flexibility index (Phi) is 2.49. The molecule has 0 radical (unpaired) electrons. The molecule has 1 atom stereocenters. The quantitative estimate of drug-likeness (QED) is 0.721. The van der Waals surface area contributed by atoms with Crippen molar-refractivity contribution >= 4 is 0 Å². The maximum Gasteiger partial charge on any atom is 0.280 e. The van der Waals surface area contributed by atoms with Crippen LogP contribution in [0.1, 0.15) is 25.0 Å². The van der Waals surface area contributed by atoms with Crippen LogP contribution in [0.5, 0.6) is 0 Å². The molecular formula is C9H14N2O2. The lowest BCUT2D eigenvalue weighted by molar-refractivity contribution is 0.369. The maximum atomic E-state index is 10.7. The average molecular weight is 182 g/mol. The molecule has 1 unspecified atom stereocenters. The zero-order valence-electron chi connectivity index (χ0n) is 7.51. The molecule has 13 heavy (non-hydrogen) atoms. The summed E-state index contributed by atoms with van der Waals surface area (Å²) in [4.78, 5) is 10.7. The van der Waals surface area contributed by atoms with Gasteiger partial charge in [0.15, 0.2) is 0 Å². The first-order chi connectivity index (χ1) is 6.34. The third-order valence-electron chi connectivity index (χ3n) is 2.48. The number of aromatic amines is 1. The number of nitrogens with one attached hydrogen (secondary N) is 2.